The molecule has 24 heavy (non-hydrogen) atoms. The van der Waals surface area contributed by atoms with Crippen LogP contribution >= 0.6 is 11.3 Å². The smallest absolute Gasteiger partial charge is 0.337 e. The van der Waals surface area contributed by atoms with Crippen molar-refractivity contribution in [2.24, 2.45) is 7.05 Å². The molecule has 122 valence electrons. The summed E-state index contributed by atoms with van der Waals surface area (Å²) in [7, 11) is 3.13. The van der Waals surface area contributed by atoms with Crippen LogP contribution in [0.2, 0.25) is 0 Å². The van der Waals surface area contributed by atoms with Crippen LogP contribution in [0.25, 0.3) is 10.6 Å². The van der Waals surface area contributed by atoms with Crippen LogP contribution < -0.4 is 5.32 Å². The highest BCUT2D eigenvalue weighted by Crippen LogP contribution is 2.25. The summed E-state index contributed by atoms with van der Waals surface area (Å²) in [5.74, 6) is -0.725. The maximum Gasteiger partial charge on any atom is 0.337 e. The first-order valence-electron chi connectivity index (χ1n) is 7.16. The third kappa shape index (κ3) is 3.21. The summed E-state index contributed by atoms with van der Waals surface area (Å²) in [5, 5.41) is 9.00. The average Bonchev–Trinajstić information content (AvgIpc) is 3.24. The Balaban J connectivity index is 1.76. The molecule has 0 spiro atoms. The third-order valence-corrected chi connectivity index (χ3v) is 4.34. The number of thiophene rings is 1. The van der Waals surface area contributed by atoms with Crippen LogP contribution in [0.4, 0.5) is 5.69 Å². The van der Waals surface area contributed by atoms with Gasteiger partial charge in [0.05, 0.1) is 23.2 Å². The Kier molecular flexibility index (Phi) is 4.43. The molecule has 2 aromatic heterocycles. The van der Waals surface area contributed by atoms with Crippen LogP contribution in [-0.4, -0.2) is 28.8 Å². The highest BCUT2D eigenvalue weighted by Gasteiger charge is 2.15. The monoisotopic (exact) mass is 341 g/mol. The number of amides is 1. The Morgan fingerprint density at radius 1 is 1.21 bits per heavy atom. The molecule has 0 bridgehead atoms. The Labute approximate surface area is 142 Å². The normalized spacial score (nSPS) is 10.4. The van der Waals surface area contributed by atoms with Gasteiger partial charge in [0.25, 0.3) is 5.91 Å². The number of nitrogens with zero attached hydrogens (tertiary/aromatic N) is 2. The van der Waals surface area contributed by atoms with Gasteiger partial charge in [-0.15, -0.1) is 11.3 Å². The molecule has 3 rings (SSSR count). The van der Waals surface area contributed by atoms with E-state index in [2.05, 4.69) is 15.2 Å². The van der Waals surface area contributed by atoms with E-state index >= 15 is 0 Å². The number of rotatable bonds is 4. The van der Waals surface area contributed by atoms with Crippen LogP contribution in [-0.2, 0) is 11.8 Å². The quantitative estimate of drug-likeness (QED) is 0.740. The molecule has 0 aliphatic rings. The molecule has 2 heterocycles. The van der Waals surface area contributed by atoms with Crippen molar-refractivity contribution in [3.05, 3.63) is 59.1 Å². The molecular formula is C17H15N3O3S. The summed E-state index contributed by atoms with van der Waals surface area (Å²) in [6.45, 7) is 0. The van der Waals surface area contributed by atoms with Crippen molar-refractivity contribution >= 4 is 28.9 Å². The summed E-state index contributed by atoms with van der Waals surface area (Å²) in [6, 6.07) is 12.2. The first kappa shape index (κ1) is 15.9. The molecule has 0 unspecified atom stereocenters. The maximum atomic E-state index is 12.3. The summed E-state index contributed by atoms with van der Waals surface area (Å²) in [6.07, 6.45) is 0. The maximum absolute atomic E-state index is 12.3. The second-order valence-electron chi connectivity index (χ2n) is 5.04. The minimum Gasteiger partial charge on any atom is -0.465 e. The summed E-state index contributed by atoms with van der Waals surface area (Å²) >= 11 is 1.59. The van der Waals surface area contributed by atoms with Crippen LogP contribution in [0.3, 0.4) is 0 Å². The van der Waals surface area contributed by atoms with Crippen LogP contribution in [0.5, 0.6) is 0 Å². The van der Waals surface area contributed by atoms with Crippen molar-refractivity contribution in [1.82, 2.24) is 9.78 Å². The van der Waals surface area contributed by atoms with Crippen molar-refractivity contribution in [3.63, 3.8) is 0 Å². The van der Waals surface area contributed by atoms with E-state index < -0.39 is 5.97 Å². The third-order valence-electron chi connectivity index (χ3n) is 3.45. The van der Waals surface area contributed by atoms with Gasteiger partial charge in [-0.25, -0.2) is 4.79 Å². The SMILES string of the molecule is COC(=O)c1ccc(NC(=O)c2cc(-c3cccs3)n(C)n2)cc1. The van der Waals surface area contributed by atoms with E-state index in [9.17, 15) is 9.59 Å². The van der Waals surface area contributed by atoms with E-state index in [1.807, 2.05) is 17.5 Å². The van der Waals surface area contributed by atoms with Gasteiger partial charge in [-0.3, -0.25) is 9.48 Å². The van der Waals surface area contributed by atoms with Gasteiger partial charge in [-0.05, 0) is 41.8 Å². The lowest BCUT2D eigenvalue weighted by Gasteiger charge is -2.04. The predicted molar refractivity (Wildman–Crippen MR) is 92.3 cm³/mol. The number of aromatic nitrogens is 2. The number of aryl methyl sites for hydroxylation is 1. The lowest BCUT2D eigenvalue weighted by molar-refractivity contribution is 0.0600. The number of carbonyl (C=O) groups is 2. The second-order valence-corrected chi connectivity index (χ2v) is 5.99. The number of methoxy groups -OCH3 is 1. The Hall–Kier alpha value is -2.93. The Bertz CT molecular complexity index is 867. The molecule has 6 nitrogen and oxygen atoms in total. The van der Waals surface area contributed by atoms with Gasteiger partial charge in [0.2, 0.25) is 0 Å². The second kappa shape index (κ2) is 6.67. The van der Waals surface area contributed by atoms with Crippen LogP contribution in [0, 0.1) is 0 Å². The van der Waals surface area contributed by atoms with Gasteiger partial charge in [0.15, 0.2) is 5.69 Å². The molecule has 0 fully saturated rings. The van der Waals surface area contributed by atoms with Crippen molar-refractivity contribution in [2.75, 3.05) is 12.4 Å². The predicted octanol–water partition coefficient (Wildman–Crippen LogP) is 3.19. The van der Waals surface area contributed by atoms with E-state index in [0.717, 1.165) is 10.6 Å². The first-order chi connectivity index (χ1) is 11.6. The minimum atomic E-state index is -0.418. The number of esters is 1. The number of hydrogen-bond acceptors (Lipinski definition) is 5. The lowest BCUT2D eigenvalue weighted by Crippen LogP contribution is -2.13. The van der Waals surface area contributed by atoms with E-state index in [-0.39, 0.29) is 5.91 Å². The number of carbonyl (C=O) groups excluding carboxylic acids is 2. The highest BCUT2D eigenvalue weighted by molar-refractivity contribution is 7.13. The Morgan fingerprint density at radius 3 is 2.58 bits per heavy atom. The zero-order chi connectivity index (χ0) is 17.1. The zero-order valence-corrected chi connectivity index (χ0v) is 14.0. The van der Waals surface area contributed by atoms with Crippen molar-refractivity contribution in [2.45, 2.75) is 0 Å². The minimum absolute atomic E-state index is 0.306. The first-order valence-corrected chi connectivity index (χ1v) is 8.04. The van der Waals surface area contributed by atoms with Gasteiger partial charge in [-0.2, -0.15) is 5.10 Å². The van der Waals surface area contributed by atoms with E-state index in [1.165, 1.54) is 7.11 Å². The molecule has 0 saturated carbocycles. The van der Waals surface area contributed by atoms with Crippen molar-refractivity contribution in [3.8, 4) is 10.6 Å². The standard InChI is InChI=1S/C17H15N3O3S/c1-20-14(15-4-3-9-24-15)10-13(19-20)16(21)18-12-7-5-11(6-8-12)17(22)23-2/h3-10H,1-2H3,(H,18,21). The number of nitrogens with one attached hydrogen (secondary N) is 1. The number of anilines is 1. The molecule has 1 amide bonds. The highest BCUT2D eigenvalue weighted by atomic mass is 32.1. The van der Waals surface area contributed by atoms with Gasteiger partial charge < -0.3 is 10.1 Å². The molecule has 0 atom stereocenters. The molecule has 0 aliphatic heterocycles. The van der Waals surface area contributed by atoms with E-state index in [1.54, 1.807) is 53.4 Å². The lowest BCUT2D eigenvalue weighted by atomic mass is 10.2. The number of benzene rings is 1. The molecule has 0 saturated heterocycles. The summed E-state index contributed by atoms with van der Waals surface area (Å²) in [5.41, 5.74) is 2.22. The molecule has 1 N–H and O–H groups in total. The molecular weight excluding hydrogens is 326 g/mol. The fourth-order valence-corrected chi connectivity index (χ4v) is 3.01. The van der Waals surface area contributed by atoms with Crippen LogP contribution in [0.1, 0.15) is 20.8 Å². The topological polar surface area (TPSA) is 73.2 Å². The summed E-state index contributed by atoms with van der Waals surface area (Å²) in [4.78, 5) is 24.8. The van der Waals surface area contributed by atoms with Gasteiger partial charge in [0.1, 0.15) is 0 Å². The van der Waals surface area contributed by atoms with E-state index in [0.29, 0.717) is 16.9 Å². The summed E-state index contributed by atoms with van der Waals surface area (Å²) < 4.78 is 6.32. The molecule has 7 heteroatoms. The molecule has 0 aliphatic carbocycles. The number of ether oxygens (including phenoxy) is 1. The van der Waals surface area contributed by atoms with Crippen molar-refractivity contribution in [1.29, 1.82) is 0 Å². The Morgan fingerprint density at radius 2 is 1.96 bits per heavy atom. The molecule has 3 aromatic rings. The molecule has 0 radical (unpaired) electrons. The fraction of sp³-hybridized carbons (Fsp3) is 0.118. The number of hydrogen-bond donors (Lipinski definition) is 1. The average molecular weight is 341 g/mol. The van der Waals surface area contributed by atoms with E-state index in [4.69, 9.17) is 0 Å². The van der Waals surface area contributed by atoms with Gasteiger partial charge in [0, 0.05) is 12.7 Å². The fourth-order valence-electron chi connectivity index (χ4n) is 2.24. The zero-order valence-electron chi connectivity index (χ0n) is 13.1. The molecule has 1 aromatic carbocycles. The van der Waals surface area contributed by atoms with Crippen molar-refractivity contribution < 1.29 is 14.3 Å². The van der Waals surface area contributed by atoms with Gasteiger partial charge in [-0.1, -0.05) is 6.07 Å². The largest absolute Gasteiger partial charge is 0.465 e. The van der Waals surface area contributed by atoms with Crippen LogP contribution in [0.15, 0.2) is 47.8 Å². The van der Waals surface area contributed by atoms with Gasteiger partial charge >= 0.3 is 5.97 Å².